The van der Waals surface area contributed by atoms with Crippen LogP contribution in [0.3, 0.4) is 0 Å². The fourth-order valence-electron chi connectivity index (χ4n) is 2.37. The van der Waals surface area contributed by atoms with Crippen molar-refractivity contribution in [2.75, 3.05) is 0 Å². The highest BCUT2D eigenvalue weighted by molar-refractivity contribution is 5.93. The number of ketones is 1. The second-order valence-electron chi connectivity index (χ2n) is 5.48. The molecular formula is C18H28O. The zero-order valence-corrected chi connectivity index (χ0v) is 12.6. The summed E-state index contributed by atoms with van der Waals surface area (Å²) in [5, 5.41) is 0. The predicted octanol–water partition coefficient (Wildman–Crippen LogP) is 5.57. The van der Waals surface area contributed by atoms with E-state index in [0.29, 0.717) is 0 Å². The van der Waals surface area contributed by atoms with E-state index in [4.69, 9.17) is 0 Å². The highest BCUT2D eigenvalue weighted by Crippen LogP contribution is 2.12. The van der Waals surface area contributed by atoms with Gasteiger partial charge in [0.25, 0.3) is 0 Å². The topological polar surface area (TPSA) is 17.1 Å². The van der Waals surface area contributed by atoms with Crippen LogP contribution >= 0.6 is 0 Å². The van der Waals surface area contributed by atoms with E-state index in [2.05, 4.69) is 19.1 Å². The summed E-state index contributed by atoms with van der Waals surface area (Å²) in [5.41, 5.74) is 2.18. The van der Waals surface area contributed by atoms with Gasteiger partial charge in [0.15, 0.2) is 5.78 Å². The molecule has 0 fully saturated rings. The number of rotatable bonds is 10. The number of carbonyl (C=O) groups is 1. The Morgan fingerprint density at radius 1 is 0.842 bits per heavy atom. The summed E-state index contributed by atoms with van der Waals surface area (Å²) in [7, 11) is 0. The highest BCUT2D eigenvalue weighted by Gasteiger charge is 1.99. The molecule has 0 amide bonds. The maximum atomic E-state index is 11.2. The van der Waals surface area contributed by atoms with Crippen molar-refractivity contribution in [3.63, 3.8) is 0 Å². The zero-order chi connectivity index (χ0) is 13.9. The number of hydrogen-bond acceptors (Lipinski definition) is 1. The lowest BCUT2D eigenvalue weighted by atomic mass is 10.0. The van der Waals surface area contributed by atoms with Crippen LogP contribution in [0, 0.1) is 0 Å². The van der Waals surface area contributed by atoms with Gasteiger partial charge < -0.3 is 0 Å². The Hall–Kier alpha value is -1.11. The Labute approximate surface area is 118 Å². The third kappa shape index (κ3) is 7.15. The normalized spacial score (nSPS) is 10.6. The van der Waals surface area contributed by atoms with Crippen LogP contribution in [0.25, 0.3) is 0 Å². The van der Waals surface area contributed by atoms with Gasteiger partial charge in [0.2, 0.25) is 0 Å². The number of unbranched alkanes of at least 4 members (excludes halogenated alkanes) is 7. The average Bonchev–Trinajstić information content (AvgIpc) is 2.42. The standard InChI is InChI=1S/C18H28O/c1-3-4-5-6-7-8-9-10-11-17-12-14-18(15-13-17)16(2)19/h12-15H,3-11H2,1-2H3. The van der Waals surface area contributed by atoms with Gasteiger partial charge in [0.1, 0.15) is 0 Å². The Morgan fingerprint density at radius 3 is 1.89 bits per heavy atom. The lowest BCUT2D eigenvalue weighted by Crippen LogP contribution is -1.92. The molecule has 0 radical (unpaired) electrons. The first-order chi connectivity index (χ1) is 9.24. The van der Waals surface area contributed by atoms with Crippen LogP contribution in [0.1, 0.15) is 81.1 Å². The Kier molecular flexibility index (Phi) is 8.20. The Balaban J connectivity index is 2.07. The molecule has 1 nitrogen and oxygen atoms in total. The molecule has 0 bridgehead atoms. The molecule has 0 aliphatic rings. The summed E-state index contributed by atoms with van der Waals surface area (Å²) < 4.78 is 0. The van der Waals surface area contributed by atoms with E-state index in [1.807, 2.05) is 12.1 Å². The average molecular weight is 260 g/mol. The molecule has 0 heterocycles. The Bertz CT molecular complexity index is 350. The maximum absolute atomic E-state index is 11.2. The summed E-state index contributed by atoms with van der Waals surface area (Å²) in [6.45, 7) is 3.88. The fourth-order valence-corrected chi connectivity index (χ4v) is 2.37. The molecule has 1 heteroatoms. The van der Waals surface area contributed by atoms with E-state index in [9.17, 15) is 4.79 Å². The molecule has 0 spiro atoms. The van der Waals surface area contributed by atoms with E-state index in [-0.39, 0.29) is 5.78 Å². The monoisotopic (exact) mass is 260 g/mol. The predicted molar refractivity (Wildman–Crippen MR) is 82.8 cm³/mol. The molecule has 0 aromatic heterocycles. The molecule has 0 aliphatic heterocycles. The number of aryl methyl sites for hydroxylation is 1. The Morgan fingerprint density at radius 2 is 1.37 bits per heavy atom. The summed E-state index contributed by atoms with van der Waals surface area (Å²) in [5.74, 6) is 0.152. The molecule has 19 heavy (non-hydrogen) atoms. The second kappa shape index (κ2) is 9.77. The minimum Gasteiger partial charge on any atom is -0.295 e. The summed E-state index contributed by atoms with van der Waals surface area (Å²) in [6.07, 6.45) is 12.0. The van der Waals surface area contributed by atoms with Gasteiger partial charge in [-0.05, 0) is 25.3 Å². The van der Waals surface area contributed by atoms with Crippen molar-refractivity contribution < 1.29 is 4.79 Å². The molecule has 0 saturated carbocycles. The lowest BCUT2D eigenvalue weighted by molar-refractivity contribution is 0.101. The van der Waals surface area contributed by atoms with Gasteiger partial charge in [-0.2, -0.15) is 0 Å². The van der Waals surface area contributed by atoms with Gasteiger partial charge in [0, 0.05) is 5.56 Å². The summed E-state index contributed by atoms with van der Waals surface area (Å²) >= 11 is 0. The number of carbonyl (C=O) groups excluding carboxylic acids is 1. The molecule has 0 aliphatic carbocycles. The number of hydrogen-bond donors (Lipinski definition) is 0. The van der Waals surface area contributed by atoms with Gasteiger partial charge in [0.05, 0.1) is 0 Å². The minimum absolute atomic E-state index is 0.152. The van der Waals surface area contributed by atoms with Crippen molar-refractivity contribution in [3.05, 3.63) is 35.4 Å². The van der Waals surface area contributed by atoms with E-state index < -0.39 is 0 Å². The van der Waals surface area contributed by atoms with Gasteiger partial charge in [-0.1, -0.05) is 76.1 Å². The van der Waals surface area contributed by atoms with E-state index in [1.54, 1.807) is 6.92 Å². The molecule has 1 aromatic rings. The lowest BCUT2D eigenvalue weighted by Gasteiger charge is -2.03. The molecule has 0 atom stereocenters. The van der Waals surface area contributed by atoms with E-state index in [1.165, 1.54) is 56.9 Å². The van der Waals surface area contributed by atoms with Crippen molar-refractivity contribution in [1.82, 2.24) is 0 Å². The van der Waals surface area contributed by atoms with Crippen LogP contribution in [-0.2, 0) is 6.42 Å². The largest absolute Gasteiger partial charge is 0.295 e. The molecule has 0 unspecified atom stereocenters. The van der Waals surface area contributed by atoms with Crippen LogP contribution in [0.15, 0.2) is 24.3 Å². The van der Waals surface area contributed by atoms with Crippen molar-refractivity contribution in [2.24, 2.45) is 0 Å². The third-order valence-corrected chi connectivity index (χ3v) is 3.68. The van der Waals surface area contributed by atoms with E-state index in [0.717, 1.165) is 12.0 Å². The van der Waals surface area contributed by atoms with Crippen molar-refractivity contribution in [1.29, 1.82) is 0 Å². The van der Waals surface area contributed by atoms with Crippen LogP contribution < -0.4 is 0 Å². The second-order valence-corrected chi connectivity index (χ2v) is 5.48. The van der Waals surface area contributed by atoms with Crippen LogP contribution in [0.4, 0.5) is 0 Å². The molecule has 1 aromatic carbocycles. The van der Waals surface area contributed by atoms with Gasteiger partial charge >= 0.3 is 0 Å². The first-order valence-electron chi connectivity index (χ1n) is 7.84. The van der Waals surface area contributed by atoms with Crippen LogP contribution in [0.2, 0.25) is 0 Å². The summed E-state index contributed by atoms with van der Waals surface area (Å²) in [6, 6.07) is 8.08. The van der Waals surface area contributed by atoms with Gasteiger partial charge in [-0.25, -0.2) is 0 Å². The van der Waals surface area contributed by atoms with Crippen molar-refractivity contribution in [3.8, 4) is 0 Å². The highest BCUT2D eigenvalue weighted by atomic mass is 16.1. The SMILES string of the molecule is CCCCCCCCCCc1ccc(C(C)=O)cc1. The first kappa shape index (κ1) is 15.9. The molecule has 0 saturated heterocycles. The number of benzene rings is 1. The fraction of sp³-hybridized carbons (Fsp3) is 0.611. The smallest absolute Gasteiger partial charge is 0.159 e. The van der Waals surface area contributed by atoms with Gasteiger partial charge in [-0.15, -0.1) is 0 Å². The van der Waals surface area contributed by atoms with E-state index >= 15 is 0 Å². The summed E-state index contributed by atoms with van der Waals surface area (Å²) in [4.78, 5) is 11.2. The van der Waals surface area contributed by atoms with Gasteiger partial charge in [-0.3, -0.25) is 4.79 Å². The third-order valence-electron chi connectivity index (χ3n) is 3.68. The van der Waals surface area contributed by atoms with Crippen molar-refractivity contribution in [2.45, 2.75) is 71.6 Å². The molecule has 0 N–H and O–H groups in total. The molecule has 1 rings (SSSR count). The number of Topliss-reactive ketones (excluding diaryl/α,β-unsaturated/α-hetero) is 1. The first-order valence-corrected chi connectivity index (χ1v) is 7.84. The zero-order valence-electron chi connectivity index (χ0n) is 12.6. The molecular weight excluding hydrogens is 232 g/mol. The quantitative estimate of drug-likeness (QED) is 0.397. The minimum atomic E-state index is 0.152. The maximum Gasteiger partial charge on any atom is 0.159 e. The van der Waals surface area contributed by atoms with Crippen molar-refractivity contribution >= 4 is 5.78 Å². The molecule has 106 valence electrons. The van der Waals surface area contributed by atoms with Crippen LogP contribution in [-0.4, -0.2) is 5.78 Å². The van der Waals surface area contributed by atoms with Crippen LogP contribution in [0.5, 0.6) is 0 Å².